The summed E-state index contributed by atoms with van der Waals surface area (Å²) in [4.78, 5) is 27.1. The van der Waals surface area contributed by atoms with Gasteiger partial charge in [0.05, 0.1) is 11.3 Å². The predicted octanol–water partition coefficient (Wildman–Crippen LogP) is 2.39. The molecule has 0 bridgehead atoms. The molecule has 1 aromatic carbocycles. The lowest BCUT2D eigenvalue weighted by Gasteiger charge is -2.32. The summed E-state index contributed by atoms with van der Waals surface area (Å²) in [6.45, 7) is 3.07. The van der Waals surface area contributed by atoms with E-state index in [1.54, 1.807) is 15.8 Å². The Bertz CT molecular complexity index is 736. The van der Waals surface area contributed by atoms with Gasteiger partial charge in [0.2, 0.25) is 0 Å². The molecule has 0 N–H and O–H groups in total. The SMILES string of the molecule is Cc1nn(C)cc1C(=O)N1CCCC(C(=O)Cc2ccccc2)C1. The quantitative estimate of drug-likeness (QED) is 0.867. The van der Waals surface area contributed by atoms with Gasteiger partial charge >= 0.3 is 0 Å². The highest BCUT2D eigenvalue weighted by atomic mass is 16.2. The van der Waals surface area contributed by atoms with Crippen LogP contribution in [0.5, 0.6) is 0 Å². The van der Waals surface area contributed by atoms with Gasteiger partial charge in [0.15, 0.2) is 0 Å². The average Bonchev–Trinajstić information content (AvgIpc) is 2.93. The lowest BCUT2D eigenvalue weighted by atomic mass is 9.90. The van der Waals surface area contributed by atoms with Gasteiger partial charge in [-0.05, 0) is 25.3 Å². The van der Waals surface area contributed by atoms with Crippen molar-refractivity contribution in [2.45, 2.75) is 26.2 Å². The van der Waals surface area contributed by atoms with Gasteiger partial charge in [0.25, 0.3) is 5.91 Å². The maximum Gasteiger partial charge on any atom is 0.257 e. The van der Waals surface area contributed by atoms with Crippen molar-refractivity contribution in [3.05, 3.63) is 53.3 Å². The van der Waals surface area contributed by atoms with E-state index in [2.05, 4.69) is 5.10 Å². The number of carbonyl (C=O) groups is 2. The molecule has 0 spiro atoms. The van der Waals surface area contributed by atoms with Gasteiger partial charge in [-0.1, -0.05) is 30.3 Å². The average molecular weight is 325 g/mol. The van der Waals surface area contributed by atoms with Crippen LogP contribution in [0.25, 0.3) is 0 Å². The summed E-state index contributed by atoms with van der Waals surface area (Å²) in [7, 11) is 1.81. The standard InChI is InChI=1S/C19H23N3O2/c1-14-17(13-21(2)20-14)19(24)22-10-6-9-16(12-22)18(23)11-15-7-4-3-5-8-15/h3-5,7-8,13,16H,6,9-12H2,1-2H3. The first kappa shape index (κ1) is 16.4. The molecule has 2 heterocycles. The Morgan fingerprint density at radius 3 is 2.67 bits per heavy atom. The van der Waals surface area contributed by atoms with Crippen molar-refractivity contribution in [2.75, 3.05) is 13.1 Å². The zero-order valence-electron chi connectivity index (χ0n) is 14.2. The lowest BCUT2D eigenvalue weighted by molar-refractivity contribution is -0.123. The van der Waals surface area contributed by atoms with E-state index in [0.29, 0.717) is 25.1 Å². The highest BCUT2D eigenvalue weighted by molar-refractivity contribution is 5.95. The van der Waals surface area contributed by atoms with Gasteiger partial charge in [-0.25, -0.2) is 0 Å². The van der Waals surface area contributed by atoms with Crippen LogP contribution in [-0.2, 0) is 18.3 Å². The molecule has 1 unspecified atom stereocenters. The molecular weight excluding hydrogens is 302 g/mol. The summed E-state index contributed by atoms with van der Waals surface area (Å²) < 4.78 is 1.66. The van der Waals surface area contributed by atoms with E-state index in [1.807, 2.05) is 44.3 Å². The van der Waals surface area contributed by atoms with E-state index in [-0.39, 0.29) is 17.6 Å². The molecule has 1 saturated heterocycles. The number of nitrogens with zero attached hydrogens (tertiary/aromatic N) is 3. The largest absolute Gasteiger partial charge is 0.338 e. The fraction of sp³-hybridized carbons (Fsp3) is 0.421. The Kier molecular flexibility index (Phi) is 4.79. The Hall–Kier alpha value is -2.43. The van der Waals surface area contributed by atoms with E-state index >= 15 is 0 Å². The van der Waals surface area contributed by atoms with Crippen molar-refractivity contribution in [1.82, 2.24) is 14.7 Å². The molecule has 3 rings (SSSR count). The number of aryl methyl sites for hydroxylation is 2. The van der Waals surface area contributed by atoms with Crippen molar-refractivity contribution in [3.8, 4) is 0 Å². The third-order valence-corrected chi connectivity index (χ3v) is 4.63. The fourth-order valence-electron chi connectivity index (χ4n) is 3.35. The minimum absolute atomic E-state index is 0.0159. The number of piperidine rings is 1. The zero-order chi connectivity index (χ0) is 17.1. The van der Waals surface area contributed by atoms with Crippen LogP contribution in [0.1, 0.15) is 34.5 Å². The van der Waals surface area contributed by atoms with Crippen LogP contribution in [0.4, 0.5) is 0 Å². The number of hydrogen-bond donors (Lipinski definition) is 0. The molecular formula is C19H23N3O2. The number of carbonyl (C=O) groups excluding carboxylic acids is 2. The molecule has 1 aliphatic rings. The predicted molar refractivity (Wildman–Crippen MR) is 91.7 cm³/mol. The maximum atomic E-state index is 12.7. The fourth-order valence-corrected chi connectivity index (χ4v) is 3.35. The molecule has 2 aromatic rings. The van der Waals surface area contributed by atoms with E-state index in [4.69, 9.17) is 0 Å². The van der Waals surface area contributed by atoms with E-state index in [1.165, 1.54) is 0 Å². The first-order valence-corrected chi connectivity index (χ1v) is 8.40. The van der Waals surface area contributed by atoms with Gasteiger partial charge in [-0.3, -0.25) is 14.3 Å². The number of hydrogen-bond acceptors (Lipinski definition) is 3. The normalized spacial score (nSPS) is 17.8. The highest BCUT2D eigenvalue weighted by Crippen LogP contribution is 2.21. The Morgan fingerprint density at radius 2 is 2.00 bits per heavy atom. The molecule has 1 fully saturated rings. The number of ketones is 1. The summed E-state index contributed by atoms with van der Waals surface area (Å²) in [5.41, 5.74) is 2.41. The van der Waals surface area contributed by atoms with Crippen molar-refractivity contribution in [3.63, 3.8) is 0 Å². The van der Waals surface area contributed by atoms with Crippen LogP contribution < -0.4 is 0 Å². The van der Waals surface area contributed by atoms with Gasteiger partial charge in [-0.2, -0.15) is 5.10 Å². The molecule has 1 amide bonds. The first-order chi connectivity index (χ1) is 11.5. The van der Waals surface area contributed by atoms with Crippen LogP contribution in [0.2, 0.25) is 0 Å². The topological polar surface area (TPSA) is 55.2 Å². The van der Waals surface area contributed by atoms with E-state index in [0.717, 1.165) is 24.1 Å². The summed E-state index contributed by atoms with van der Waals surface area (Å²) >= 11 is 0. The van der Waals surface area contributed by atoms with Crippen LogP contribution in [-0.4, -0.2) is 39.5 Å². The number of aromatic nitrogens is 2. The van der Waals surface area contributed by atoms with Crippen molar-refractivity contribution < 1.29 is 9.59 Å². The van der Waals surface area contributed by atoms with E-state index < -0.39 is 0 Å². The maximum absolute atomic E-state index is 12.7. The first-order valence-electron chi connectivity index (χ1n) is 8.40. The number of amides is 1. The molecule has 0 aliphatic carbocycles. The number of rotatable bonds is 4. The van der Waals surface area contributed by atoms with E-state index in [9.17, 15) is 9.59 Å². The molecule has 0 radical (unpaired) electrons. The zero-order valence-corrected chi connectivity index (χ0v) is 14.2. The van der Waals surface area contributed by atoms with Crippen LogP contribution in [0, 0.1) is 12.8 Å². The van der Waals surface area contributed by atoms with Crippen LogP contribution in [0.3, 0.4) is 0 Å². The second-order valence-corrected chi connectivity index (χ2v) is 6.52. The number of likely N-dealkylation sites (tertiary alicyclic amines) is 1. The van der Waals surface area contributed by atoms with Gasteiger partial charge in [0, 0.05) is 38.7 Å². The third kappa shape index (κ3) is 3.55. The number of benzene rings is 1. The van der Waals surface area contributed by atoms with Gasteiger partial charge < -0.3 is 4.90 Å². The summed E-state index contributed by atoms with van der Waals surface area (Å²) in [5.74, 6) is 0.138. The molecule has 126 valence electrons. The molecule has 1 aliphatic heterocycles. The summed E-state index contributed by atoms with van der Waals surface area (Å²) in [6, 6.07) is 9.80. The Balaban J connectivity index is 1.66. The minimum atomic E-state index is -0.0696. The molecule has 1 atom stereocenters. The van der Waals surface area contributed by atoms with Crippen molar-refractivity contribution >= 4 is 11.7 Å². The minimum Gasteiger partial charge on any atom is -0.338 e. The van der Waals surface area contributed by atoms with Crippen LogP contribution in [0.15, 0.2) is 36.5 Å². The molecule has 24 heavy (non-hydrogen) atoms. The Morgan fingerprint density at radius 1 is 1.25 bits per heavy atom. The second kappa shape index (κ2) is 6.99. The second-order valence-electron chi connectivity index (χ2n) is 6.52. The number of Topliss-reactive ketones (excluding diaryl/α,β-unsaturated/α-hetero) is 1. The van der Waals surface area contributed by atoms with Gasteiger partial charge in [0.1, 0.15) is 5.78 Å². The van der Waals surface area contributed by atoms with Gasteiger partial charge in [-0.15, -0.1) is 0 Å². The highest BCUT2D eigenvalue weighted by Gasteiger charge is 2.29. The molecule has 5 heteroatoms. The monoisotopic (exact) mass is 325 g/mol. The smallest absolute Gasteiger partial charge is 0.257 e. The lowest BCUT2D eigenvalue weighted by Crippen LogP contribution is -2.42. The molecule has 1 aromatic heterocycles. The Labute approximate surface area is 142 Å². The van der Waals surface area contributed by atoms with Crippen LogP contribution >= 0.6 is 0 Å². The third-order valence-electron chi connectivity index (χ3n) is 4.63. The summed E-state index contributed by atoms with van der Waals surface area (Å²) in [6.07, 6.45) is 3.93. The summed E-state index contributed by atoms with van der Waals surface area (Å²) in [5, 5.41) is 4.24. The van der Waals surface area contributed by atoms with Crippen molar-refractivity contribution in [2.24, 2.45) is 13.0 Å². The molecule has 5 nitrogen and oxygen atoms in total. The molecule has 0 saturated carbocycles. The van der Waals surface area contributed by atoms with Crippen molar-refractivity contribution in [1.29, 1.82) is 0 Å².